The molecule has 25 heavy (non-hydrogen) atoms. The predicted molar refractivity (Wildman–Crippen MR) is 93.6 cm³/mol. The molecule has 8 heteroatoms. The van der Waals surface area contributed by atoms with Crippen LogP contribution >= 0.6 is 0 Å². The molecular weight excluding hydrogens is 342 g/mol. The summed E-state index contributed by atoms with van der Waals surface area (Å²) >= 11 is 0. The minimum Gasteiger partial charge on any atom is -0.441 e. The van der Waals surface area contributed by atoms with Crippen molar-refractivity contribution in [3.63, 3.8) is 0 Å². The summed E-state index contributed by atoms with van der Waals surface area (Å²) in [6, 6.07) is 4.73. The summed E-state index contributed by atoms with van der Waals surface area (Å²) in [5.41, 5.74) is 1.11. The van der Waals surface area contributed by atoms with E-state index in [9.17, 15) is 13.2 Å². The lowest BCUT2D eigenvalue weighted by molar-refractivity contribution is -0.131. The lowest BCUT2D eigenvalue weighted by atomic mass is 10.3. The van der Waals surface area contributed by atoms with Gasteiger partial charge in [0.15, 0.2) is 11.5 Å². The Hall–Kier alpha value is -1.93. The Morgan fingerprint density at radius 2 is 2.04 bits per heavy atom. The van der Waals surface area contributed by atoms with Gasteiger partial charge in [-0.2, -0.15) is 4.31 Å². The van der Waals surface area contributed by atoms with E-state index in [1.54, 1.807) is 30.0 Å². The van der Waals surface area contributed by atoms with Gasteiger partial charge in [0.2, 0.25) is 15.9 Å². The van der Waals surface area contributed by atoms with Crippen molar-refractivity contribution in [1.82, 2.24) is 14.2 Å². The first-order valence-corrected chi connectivity index (χ1v) is 10.0. The standard InChI is InChI=1S/C17H23N3O4S/c1-3-5-17(21)19-8-4-9-20(11-10-19)25(22,23)14-6-7-16-15(12-14)18-13(2)24-16/h6-7,12H,3-5,8-11H2,1-2H3. The van der Waals surface area contributed by atoms with E-state index in [0.29, 0.717) is 56.0 Å². The highest BCUT2D eigenvalue weighted by atomic mass is 32.2. The normalized spacial score (nSPS) is 17.0. The predicted octanol–water partition coefficient (Wildman–Crippen LogP) is 2.16. The molecule has 1 aliphatic heterocycles. The van der Waals surface area contributed by atoms with Gasteiger partial charge in [-0.3, -0.25) is 4.79 Å². The summed E-state index contributed by atoms with van der Waals surface area (Å²) in [6.45, 7) is 5.46. The van der Waals surface area contributed by atoms with Crippen LogP contribution in [0.4, 0.5) is 0 Å². The SMILES string of the molecule is CCCC(=O)N1CCCN(S(=O)(=O)c2ccc3oc(C)nc3c2)CC1. The zero-order chi connectivity index (χ0) is 18.0. The maximum Gasteiger partial charge on any atom is 0.243 e. The number of rotatable bonds is 4. The third-order valence-corrected chi connectivity index (χ3v) is 6.27. The molecule has 136 valence electrons. The Balaban J connectivity index is 1.80. The van der Waals surface area contributed by atoms with E-state index in [0.717, 1.165) is 6.42 Å². The van der Waals surface area contributed by atoms with Crippen LogP contribution in [0, 0.1) is 6.92 Å². The average molecular weight is 365 g/mol. The molecule has 1 aromatic carbocycles. The van der Waals surface area contributed by atoms with Crippen LogP contribution < -0.4 is 0 Å². The van der Waals surface area contributed by atoms with Crippen molar-refractivity contribution in [2.24, 2.45) is 0 Å². The molecular formula is C17H23N3O4S. The van der Waals surface area contributed by atoms with Crippen molar-refractivity contribution in [3.8, 4) is 0 Å². The van der Waals surface area contributed by atoms with Gasteiger partial charge in [0.25, 0.3) is 0 Å². The second-order valence-electron chi connectivity index (χ2n) is 6.25. The topological polar surface area (TPSA) is 83.7 Å². The van der Waals surface area contributed by atoms with Crippen molar-refractivity contribution in [1.29, 1.82) is 0 Å². The number of oxazole rings is 1. The van der Waals surface area contributed by atoms with Gasteiger partial charge >= 0.3 is 0 Å². The summed E-state index contributed by atoms with van der Waals surface area (Å²) in [5, 5.41) is 0. The Morgan fingerprint density at radius 3 is 2.80 bits per heavy atom. The summed E-state index contributed by atoms with van der Waals surface area (Å²) in [6.07, 6.45) is 1.95. The van der Waals surface area contributed by atoms with Gasteiger partial charge < -0.3 is 9.32 Å². The molecule has 0 radical (unpaired) electrons. The highest BCUT2D eigenvalue weighted by molar-refractivity contribution is 7.89. The van der Waals surface area contributed by atoms with Crippen LogP contribution in [0.1, 0.15) is 32.1 Å². The van der Waals surface area contributed by atoms with Crippen molar-refractivity contribution < 1.29 is 17.6 Å². The monoisotopic (exact) mass is 365 g/mol. The van der Waals surface area contributed by atoms with Gasteiger partial charge in [-0.05, 0) is 31.0 Å². The first-order chi connectivity index (χ1) is 11.9. The van der Waals surface area contributed by atoms with Crippen molar-refractivity contribution in [3.05, 3.63) is 24.1 Å². The third kappa shape index (κ3) is 3.69. The number of aromatic nitrogens is 1. The molecule has 1 amide bonds. The lowest BCUT2D eigenvalue weighted by Gasteiger charge is -2.22. The van der Waals surface area contributed by atoms with Crippen molar-refractivity contribution in [2.75, 3.05) is 26.2 Å². The lowest BCUT2D eigenvalue weighted by Crippen LogP contribution is -2.37. The van der Waals surface area contributed by atoms with E-state index in [2.05, 4.69) is 4.98 Å². The number of carbonyl (C=O) groups is 1. The fourth-order valence-electron chi connectivity index (χ4n) is 3.09. The second-order valence-corrected chi connectivity index (χ2v) is 8.19. The Bertz CT molecular complexity index is 875. The van der Waals surface area contributed by atoms with Crippen LogP contribution in [-0.4, -0.2) is 54.7 Å². The first-order valence-electron chi connectivity index (χ1n) is 8.57. The van der Waals surface area contributed by atoms with Crippen LogP contribution in [-0.2, 0) is 14.8 Å². The largest absolute Gasteiger partial charge is 0.441 e. The smallest absolute Gasteiger partial charge is 0.243 e. The number of benzene rings is 1. The number of sulfonamides is 1. The number of carbonyl (C=O) groups excluding carboxylic acids is 1. The number of aryl methyl sites for hydroxylation is 1. The van der Waals surface area contributed by atoms with Gasteiger partial charge in [-0.1, -0.05) is 6.92 Å². The van der Waals surface area contributed by atoms with E-state index in [-0.39, 0.29) is 10.8 Å². The fourth-order valence-corrected chi connectivity index (χ4v) is 4.58. The number of amides is 1. The van der Waals surface area contributed by atoms with Crippen LogP contribution in [0.2, 0.25) is 0 Å². The quantitative estimate of drug-likeness (QED) is 0.829. The maximum absolute atomic E-state index is 13.0. The molecule has 7 nitrogen and oxygen atoms in total. The van der Waals surface area contributed by atoms with E-state index in [4.69, 9.17) is 4.42 Å². The molecule has 1 fully saturated rings. The second kappa shape index (κ2) is 7.13. The zero-order valence-corrected chi connectivity index (χ0v) is 15.4. The van der Waals surface area contributed by atoms with E-state index < -0.39 is 10.0 Å². The van der Waals surface area contributed by atoms with Crippen LogP contribution in [0.3, 0.4) is 0 Å². The fraction of sp³-hybridized carbons (Fsp3) is 0.529. The molecule has 0 spiro atoms. The molecule has 2 aromatic rings. The van der Waals surface area contributed by atoms with E-state index in [1.165, 1.54) is 4.31 Å². The Labute approximate surface area is 147 Å². The van der Waals surface area contributed by atoms with Crippen molar-refractivity contribution >= 4 is 27.0 Å². The van der Waals surface area contributed by atoms with E-state index >= 15 is 0 Å². The maximum atomic E-state index is 13.0. The van der Waals surface area contributed by atoms with Crippen LogP contribution in [0.15, 0.2) is 27.5 Å². The number of hydrogen-bond acceptors (Lipinski definition) is 5. The number of hydrogen-bond donors (Lipinski definition) is 0. The molecule has 1 saturated heterocycles. The van der Waals surface area contributed by atoms with Gasteiger partial charge in [0.05, 0.1) is 4.90 Å². The average Bonchev–Trinajstić information content (AvgIpc) is 2.78. The third-order valence-electron chi connectivity index (χ3n) is 4.38. The molecule has 1 aliphatic rings. The van der Waals surface area contributed by atoms with Crippen LogP contribution in [0.5, 0.6) is 0 Å². The Morgan fingerprint density at radius 1 is 1.24 bits per heavy atom. The van der Waals surface area contributed by atoms with E-state index in [1.807, 2.05) is 6.92 Å². The van der Waals surface area contributed by atoms with Gasteiger partial charge in [0, 0.05) is 39.5 Å². The molecule has 0 atom stereocenters. The van der Waals surface area contributed by atoms with Gasteiger partial charge in [-0.15, -0.1) is 0 Å². The molecule has 2 heterocycles. The zero-order valence-electron chi connectivity index (χ0n) is 14.6. The molecule has 0 aliphatic carbocycles. The molecule has 3 rings (SSSR count). The summed E-state index contributed by atoms with van der Waals surface area (Å²) in [5.74, 6) is 0.602. The van der Waals surface area contributed by atoms with Crippen LogP contribution in [0.25, 0.3) is 11.1 Å². The van der Waals surface area contributed by atoms with Crippen molar-refractivity contribution in [2.45, 2.75) is 38.0 Å². The number of nitrogens with zero attached hydrogens (tertiary/aromatic N) is 3. The minimum atomic E-state index is -3.62. The summed E-state index contributed by atoms with van der Waals surface area (Å²) in [7, 11) is -3.62. The summed E-state index contributed by atoms with van der Waals surface area (Å²) in [4.78, 5) is 18.2. The minimum absolute atomic E-state index is 0.0984. The summed E-state index contributed by atoms with van der Waals surface area (Å²) < 4.78 is 32.8. The molecule has 0 N–H and O–H groups in total. The molecule has 0 bridgehead atoms. The van der Waals surface area contributed by atoms with Gasteiger partial charge in [-0.25, -0.2) is 13.4 Å². The highest BCUT2D eigenvalue weighted by Crippen LogP contribution is 2.23. The highest BCUT2D eigenvalue weighted by Gasteiger charge is 2.28. The molecule has 0 saturated carbocycles. The molecule has 0 unspecified atom stereocenters. The number of fused-ring (bicyclic) bond motifs is 1. The Kier molecular flexibility index (Phi) is 5.10. The first kappa shape index (κ1) is 17.9. The van der Waals surface area contributed by atoms with Gasteiger partial charge in [0.1, 0.15) is 5.52 Å². The molecule has 1 aromatic heterocycles.